The minimum absolute atomic E-state index is 0.0137. The molecule has 0 saturated carbocycles. The second-order valence-electron chi connectivity index (χ2n) is 5.22. The van der Waals surface area contributed by atoms with Crippen molar-refractivity contribution in [1.82, 2.24) is 20.5 Å². The van der Waals surface area contributed by atoms with Crippen LogP contribution >= 0.6 is 0 Å². The fourth-order valence-electron chi connectivity index (χ4n) is 2.52. The number of amides is 3. The van der Waals surface area contributed by atoms with Gasteiger partial charge in [0.2, 0.25) is 5.91 Å². The number of nitrogens with zero attached hydrogens (tertiary/aromatic N) is 2. The van der Waals surface area contributed by atoms with Crippen molar-refractivity contribution < 1.29 is 9.59 Å². The van der Waals surface area contributed by atoms with Crippen molar-refractivity contribution >= 4 is 11.9 Å². The van der Waals surface area contributed by atoms with E-state index in [4.69, 9.17) is 0 Å². The summed E-state index contributed by atoms with van der Waals surface area (Å²) in [6, 6.07) is 3.83. The summed E-state index contributed by atoms with van der Waals surface area (Å²) in [4.78, 5) is 29.4. The molecular weight excluding hydrogens is 268 g/mol. The molecule has 114 valence electrons. The first-order valence-electron chi connectivity index (χ1n) is 7.34. The molecule has 1 fully saturated rings. The second kappa shape index (κ2) is 7.61. The Labute approximate surface area is 124 Å². The molecule has 3 amide bonds. The number of nitrogens with one attached hydrogen (secondary N) is 2. The minimum Gasteiger partial charge on any atom is -0.356 e. The quantitative estimate of drug-likeness (QED) is 0.861. The Morgan fingerprint density at radius 3 is 2.76 bits per heavy atom. The molecule has 21 heavy (non-hydrogen) atoms. The van der Waals surface area contributed by atoms with E-state index in [0.29, 0.717) is 19.6 Å². The van der Waals surface area contributed by atoms with Gasteiger partial charge in [0.1, 0.15) is 0 Å². The van der Waals surface area contributed by atoms with E-state index in [0.717, 1.165) is 24.8 Å². The largest absolute Gasteiger partial charge is 0.356 e. The summed E-state index contributed by atoms with van der Waals surface area (Å²) < 4.78 is 0. The maximum atomic E-state index is 12.1. The average Bonchev–Trinajstić information content (AvgIpc) is 2.55. The third-order valence-electron chi connectivity index (χ3n) is 3.80. The second-order valence-corrected chi connectivity index (χ2v) is 5.22. The van der Waals surface area contributed by atoms with Crippen LogP contribution in [-0.2, 0) is 11.2 Å². The molecular formula is C15H22N4O2. The first-order chi connectivity index (χ1) is 10.2. The Kier molecular flexibility index (Phi) is 5.54. The number of aromatic nitrogens is 1. The molecule has 6 heteroatoms. The van der Waals surface area contributed by atoms with E-state index in [1.165, 1.54) is 0 Å². The van der Waals surface area contributed by atoms with Gasteiger partial charge in [-0.2, -0.15) is 0 Å². The van der Waals surface area contributed by atoms with Gasteiger partial charge >= 0.3 is 6.03 Å². The van der Waals surface area contributed by atoms with E-state index in [-0.39, 0.29) is 17.9 Å². The van der Waals surface area contributed by atoms with Gasteiger partial charge in [0.05, 0.1) is 0 Å². The van der Waals surface area contributed by atoms with Crippen molar-refractivity contribution in [2.24, 2.45) is 5.92 Å². The Hall–Kier alpha value is -2.11. The molecule has 0 spiro atoms. The molecule has 0 bridgehead atoms. The monoisotopic (exact) mass is 290 g/mol. The predicted molar refractivity (Wildman–Crippen MR) is 79.7 cm³/mol. The number of rotatable bonds is 4. The summed E-state index contributed by atoms with van der Waals surface area (Å²) in [5, 5.41) is 5.58. The summed E-state index contributed by atoms with van der Waals surface area (Å²) in [7, 11) is 1.62. The highest BCUT2D eigenvalue weighted by Gasteiger charge is 2.26. The zero-order chi connectivity index (χ0) is 15.1. The van der Waals surface area contributed by atoms with Gasteiger partial charge in [-0.25, -0.2) is 4.79 Å². The molecule has 0 aromatic carbocycles. The molecule has 6 nitrogen and oxygen atoms in total. The Balaban J connectivity index is 1.69. The summed E-state index contributed by atoms with van der Waals surface area (Å²) in [6.45, 7) is 1.90. The fourth-order valence-corrected chi connectivity index (χ4v) is 2.52. The van der Waals surface area contributed by atoms with Crippen molar-refractivity contribution in [2.45, 2.75) is 19.3 Å². The van der Waals surface area contributed by atoms with E-state index < -0.39 is 0 Å². The number of urea groups is 1. The average molecular weight is 290 g/mol. The number of likely N-dealkylation sites (tertiary alicyclic amines) is 1. The zero-order valence-corrected chi connectivity index (χ0v) is 12.3. The minimum atomic E-state index is -0.0644. The molecule has 2 rings (SSSR count). The van der Waals surface area contributed by atoms with Crippen molar-refractivity contribution in [3.05, 3.63) is 30.1 Å². The van der Waals surface area contributed by atoms with Gasteiger partial charge in [-0.05, 0) is 30.9 Å². The van der Waals surface area contributed by atoms with Crippen LogP contribution < -0.4 is 10.6 Å². The number of piperidine rings is 1. The smallest absolute Gasteiger partial charge is 0.317 e. The highest BCUT2D eigenvalue weighted by Crippen LogP contribution is 2.17. The predicted octanol–water partition coefficient (Wildman–Crippen LogP) is 0.792. The molecule has 1 aliphatic heterocycles. The summed E-state index contributed by atoms with van der Waals surface area (Å²) >= 11 is 0. The lowest BCUT2D eigenvalue weighted by Crippen LogP contribution is -2.46. The maximum Gasteiger partial charge on any atom is 0.317 e. The maximum absolute atomic E-state index is 12.1. The van der Waals surface area contributed by atoms with E-state index in [1.807, 2.05) is 18.3 Å². The van der Waals surface area contributed by atoms with Crippen LogP contribution in [0.1, 0.15) is 18.4 Å². The Bertz CT molecular complexity index is 470. The molecule has 1 aromatic heterocycles. The van der Waals surface area contributed by atoms with E-state index in [1.54, 1.807) is 18.1 Å². The SMILES string of the molecule is CNC(=O)N1CCC(C(=O)NCCc2cccnc2)CC1. The third-order valence-corrected chi connectivity index (χ3v) is 3.80. The van der Waals surface area contributed by atoms with Crippen molar-refractivity contribution in [1.29, 1.82) is 0 Å². The molecule has 0 unspecified atom stereocenters. The third kappa shape index (κ3) is 4.44. The summed E-state index contributed by atoms with van der Waals surface area (Å²) in [6.07, 6.45) is 5.80. The van der Waals surface area contributed by atoms with Crippen LogP contribution in [0, 0.1) is 5.92 Å². The number of carbonyl (C=O) groups is 2. The van der Waals surface area contributed by atoms with Gasteiger partial charge in [-0.1, -0.05) is 6.07 Å². The molecule has 1 aliphatic rings. The number of pyridine rings is 1. The molecule has 1 aromatic rings. The van der Waals surface area contributed by atoms with Gasteiger partial charge in [0, 0.05) is 45.0 Å². The lowest BCUT2D eigenvalue weighted by atomic mass is 9.96. The van der Waals surface area contributed by atoms with Crippen molar-refractivity contribution in [3.8, 4) is 0 Å². The topological polar surface area (TPSA) is 74.3 Å². The zero-order valence-electron chi connectivity index (χ0n) is 12.3. The first-order valence-corrected chi connectivity index (χ1v) is 7.34. The van der Waals surface area contributed by atoms with Gasteiger partial charge in [0.15, 0.2) is 0 Å². The molecule has 1 saturated heterocycles. The van der Waals surface area contributed by atoms with Crippen LogP contribution in [0.4, 0.5) is 4.79 Å². The molecule has 0 aliphatic carbocycles. The van der Waals surface area contributed by atoms with Crippen LogP contribution in [0.5, 0.6) is 0 Å². The number of carbonyl (C=O) groups excluding carboxylic acids is 2. The van der Waals surface area contributed by atoms with Crippen LogP contribution in [0.15, 0.2) is 24.5 Å². The molecule has 0 atom stereocenters. The number of hydrogen-bond donors (Lipinski definition) is 2. The van der Waals surface area contributed by atoms with Crippen LogP contribution in [0.3, 0.4) is 0 Å². The van der Waals surface area contributed by atoms with Crippen LogP contribution in [0.25, 0.3) is 0 Å². The van der Waals surface area contributed by atoms with Crippen LogP contribution in [0.2, 0.25) is 0 Å². The molecule has 0 radical (unpaired) electrons. The van der Waals surface area contributed by atoms with Gasteiger partial charge in [0.25, 0.3) is 0 Å². The molecule has 2 heterocycles. The van der Waals surface area contributed by atoms with Crippen molar-refractivity contribution in [2.75, 3.05) is 26.7 Å². The van der Waals surface area contributed by atoms with E-state index in [2.05, 4.69) is 15.6 Å². The van der Waals surface area contributed by atoms with E-state index in [9.17, 15) is 9.59 Å². The lowest BCUT2D eigenvalue weighted by Gasteiger charge is -2.30. The standard InChI is InChI=1S/C15H22N4O2/c1-16-15(21)19-9-5-13(6-10-19)14(20)18-8-4-12-3-2-7-17-11-12/h2-3,7,11,13H,4-6,8-10H2,1H3,(H,16,21)(H,18,20). The van der Waals surface area contributed by atoms with Gasteiger partial charge in [-0.3, -0.25) is 9.78 Å². The Morgan fingerprint density at radius 2 is 2.14 bits per heavy atom. The number of hydrogen-bond acceptors (Lipinski definition) is 3. The lowest BCUT2D eigenvalue weighted by molar-refractivity contribution is -0.126. The summed E-state index contributed by atoms with van der Waals surface area (Å²) in [5.41, 5.74) is 1.12. The fraction of sp³-hybridized carbons (Fsp3) is 0.533. The molecule has 2 N–H and O–H groups in total. The highest BCUT2D eigenvalue weighted by atomic mass is 16.2. The van der Waals surface area contributed by atoms with Gasteiger partial charge < -0.3 is 15.5 Å². The van der Waals surface area contributed by atoms with Crippen molar-refractivity contribution in [3.63, 3.8) is 0 Å². The van der Waals surface area contributed by atoms with Crippen LogP contribution in [-0.4, -0.2) is 48.5 Å². The van der Waals surface area contributed by atoms with E-state index >= 15 is 0 Å². The summed E-state index contributed by atoms with van der Waals surface area (Å²) in [5.74, 6) is 0.107. The van der Waals surface area contributed by atoms with Gasteiger partial charge in [-0.15, -0.1) is 0 Å². The first kappa shape index (κ1) is 15.3. The highest BCUT2D eigenvalue weighted by molar-refractivity contribution is 5.79. The normalized spacial score (nSPS) is 15.6. The Morgan fingerprint density at radius 1 is 1.38 bits per heavy atom.